The van der Waals surface area contributed by atoms with Gasteiger partial charge in [-0.15, -0.1) is 0 Å². The number of halogens is 1. The molecule has 0 amide bonds. The summed E-state index contributed by atoms with van der Waals surface area (Å²) in [6.45, 7) is 3.75. The highest BCUT2D eigenvalue weighted by Gasteiger charge is 2.10. The lowest BCUT2D eigenvalue weighted by atomic mass is 10.1. The molecule has 0 aliphatic rings. The molecule has 0 bridgehead atoms. The van der Waals surface area contributed by atoms with E-state index in [4.69, 9.17) is 5.14 Å². The fourth-order valence-electron chi connectivity index (χ4n) is 0.949. The summed E-state index contributed by atoms with van der Waals surface area (Å²) in [6.07, 6.45) is 0. The molecule has 0 heterocycles. The first kappa shape index (κ1) is 10.7. The van der Waals surface area contributed by atoms with Crippen LogP contribution in [-0.4, -0.2) is 8.42 Å². The Kier molecular flexibility index (Phi) is 2.79. The maximum atomic E-state index is 11.0. The first-order valence-corrected chi connectivity index (χ1v) is 5.96. The van der Waals surface area contributed by atoms with E-state index in [-0.39, 0.29) is 4.90 Å². The SMILES string of the molecule is Cc1cc(S(N)(=O)=O)cc(Br)c1C. The van der Waals surface area contributed by atoms with Crippen molar-refractivity contribution in [3.63, 3.8) is 0 Å². The van der Waals surface area contributed by atoms with Gasteiger partial charge in [-0.3, -0.25) is 0 Å². The van der Waals surface area contributed by atoms with Gasteiger partial charge in [-0.25, -0.2) is 13.6 Å². The monoisotopic (exact) mass is 263 g/mol. The summed E-state index contributed by atoms with van der Waals surface area (Å²) < 4.78 is 22.8. The van der Waals surface area contributed by atoms with Gasteiger partial charge in [0.15, 0.2) is 0 Å². The number of hydrogen-bond donors (Lipinski definition) is 1. The van der Waals surface area contributed by atoms with Gasteiger partial charge in [0.05, 0.1) is 4.90 Å². The van der Waals surface area contributed by atoms with Crippen LogP contribution in [0.2, 0.25) is 0 Å². The van der Waals surface area contributed by atoms with E-state index in [1.165, 1.54) is 6.07 Å². The summed E-state index contributed by atoms with van der Waals surface area (Å²) in [5.74, 6) is 0. The second-order valence-electron chi connectivity index (χ2n) is 2.89. The van der Waals surface area contributed by atoms with Gasteiger partial charge in [-0.1, -0.05) is 15.9 Å². The van der Waals surface area contributed by atoms with Gasteiger partial charge in [0.25, 0.3) is 0 Å². The molecular formula is C8H10BrNO2S. The number of primary sulfonamides is 1. The van der Waals surface area contributed by atoms with Gasteiger partial charge >= 0.3 is 0 Å². The average molecular weight is 264 g/mol. The van der Waals surface area contributed by atoms with Gasteiger partial charge in [0, 0.05) is 4.47 Å². The van der Waals surface area contributed by atoms with Crippen LogP contribution in [0, 0.1) is 13.8 Å². The predicted octanol–water partition coefficient (Wildman–Crippen LogP) is 1.71. The number of aryl methyl sites for hydroxylation is 1. The van der Waals surface area contributed by atoms with Crippen LogP contribution in [0.3, 0.4) is 0 Å². The summed E-state index contributed by atoms with van der Waals surface area (Å²) in [5, 5.41) is 5.00. The molecule has 72 valence electrons. The molecule has 0 aromatic heterocycles. The van der Waals surface area contributed by atoms with Gasteiger partial charge in [-0.05, 0) is 37.1 Å². The molecule has 0 aliphatic carbocycles. The van der Waals surface area contributed by atoms with Crippen molar-refractivity contribution in [3.05, 3.63) is 27.7 Å². The molecule has 2 N–H and O–H groups in total. The van der Waals surface area contributed by atoms with Crippen LogP contribution in [-0.2, 0) is 10.0 Å². The van der Waals surface area contributed by atoms with Crippen molar-refractivity contribution in [3.8, 4) is 0 Å². The minimum atomic E-state index is -3.59. The molecule has 5 heteroatoms. The fourth-order valence-corrected chi connectivity index (χ4v) is 2.28. The average Bonchev–Trinajstić information content (AvgIpc) is 1.97. The highest BCUT2D eigenvalue weighted by atomic mass is 79.9. The van der Waals surface area contributed by atoms with Crippen molar-refractivity contribution < 1.29 is 8.42 Å². The molecule has 0 saturated heterocycles. The molecule has 0 spiro atoms. The third-order valence-electron chi connectivity index (χ3n) is 1.91. The van der Waals surface area contributed by atoms with Crippen molar-refractivity contribution in [2.24, 2.45) is 5.14 Å². The van der Waals surface area contributed by atoms with Crippen molar-refractivity contribution in [2.45, 2.75) is 18.7 Å². The van der Waals surface area contributed by atoms with E-state index in [0.29, 0.717) is 0 Å². The minimum Gasteiger partial charge on any atom is -0.225 e. The van der Waals surface area contributed by atoms with Gasteiger partial charge in [0.2, 0.25) is 10.0 Å². The Morgan fingerprint density at radius 1 is 1.31 bits per heavy atom. The molecule has 1 aromatic rings. The number of nitrogens with two attached hydrogens (primary N) is 1. The van der Waals surface area contributed by atoms with E-state index >= 15 is 0 Å². The number of hydrogen-bond acceptors (Lipinski definition) is 2. The Hall–Kier alpha value is -0.390. The molecule has 1 rings (SSSR count). The molecule has 0 atom stereocenters. The fraction of sp³-hybridized carbons (Fsp3) is 0.250. The quantitative estimate of drug-likeness (QED) is 0.839. The first-order valence-electron chi connectivity index (χ1n) is 3.62. The molecule has 13 heavy (non-hydrogen) atoms. The number of sulfonamides is 1. The molecule has 0 fully saturated rings. The minimum absolute atomic E-state index is 0.141. The largest absolute Gasteiger partial charge is 0.238 e. The van der Waals surface area contributed by atoms with E-state index in [1.807, 2.05) is 13.8 Å². The van der Waals surface area contributed by atoms with E-state index < -0.39 is 10.0 Å². The Labute approximate surface area is 86.1 Å². The Morgan fingerprint density at radius 3 is 2.23 bits per heavy atom. The van der Waals surface area contributed by atoms with E-state index in [0.717, 1.165) is 15.6 Å². The maximum absolute atomic E-state index is 11.0. The molecule has 0 radical (unpaired) electrons. The summed E-state index contributed by atoms with van der Waals surface area (Å²) in [5.41, 5.74) is 1.92. The third kappa shape index (κ3) is 2.30. The van der Waals surface area contributed by atoms with E-state index in [1.54, 1.807) is 6.07 Å². The zero-order valence-electron chi connectivity index (χ0n) is 7.33. The van der Waals surface area contributed by atoms with E-state index in [2.05, 4.69) is 15.9 Å². The van der Waals surface area contributed by atoms with Crippen molar-refractivity contribution >= 4 is 26.0 Å². The summed E-state index contributed by atoms with van der Waals surface area (Å²) in [7, 11) is -3.59. The Bertz CT molecular complexity index is 416. The molecule has 1 aromatic carbocycles. The van der Waals surface area contributed by atoms with Crippen molar-refractivity contribution in [1.29, 1.82) is 0 Å². The van der Waals surface area contributed by atoms with Crippen LogP contribution in [0.1, 0.15) is 11.1 Å². The maximum Gasteiger partial charge on any atom is 0.238 e. The van der Waals surface area contributed by atoms with Crippen molar-refractivity contribution in [2.75, 3.05) is 0 Å². The van der Waals surface area contributed by atoms with Gasteiger partial charge in [-0.2, -0.15) is 0 Å². The van der Waals surface area contributed by atoms with Gasteiger partial charge < -0.3 is 0 Å². The predicted molar refractivity (Wildman–Crippen MR) is 55.0 cm³/mol. The summed E-state index contributed by atoms with van der Waals surface area (Å²) >= 11 is 3.27. The second-order valence-corrected chi connectivity index (χ2v) is 5.31. The van der Waals surface area contributed by atoms with Crippen molar-refractivity contribution in [1.82, 2.24) is 0 Å². The molecular weight excluding hydrogens is 254 g/mol. The number of rotatable bonds is 1. The first-order chi connectivity index (χ1) is 5.82. The van der Waals surface area contributed by atoms with Crippen LogP contribution in [0.5, 0.6) is 0 Å². The molecule has 0 aliphatic heterocycles. The zero-order chi connectivity index (χ0) is 10.2. The number of benzene rings is 1. The lowest BCUT2D eigenvalue weighted by Crippen LogP contribution is -2.12. The lowest BCUT2D eigenvalue weighted by Gasteiger charge is -2.05. The summed E-state index contributed by atoms with van der Waals surface area (Å²) in [4.78, 5) is 0.141. The standard InChI is InChI=1S/C8H10BrNO2S/c1-5-3-7(13(10,11)12)4-8(9)6(5)2/h3-4H,1-2H3,(H2,10,11,12). The lowest BCUT2D eigenvalue weighted by molar-refractivity contribution is 0.597. The van der Waals surface area contributed by atoms with Gasteiger partial charge in [0.1, 0.15) is 0 Å². The second kappa shape index (κ2) is 3.40. The van der Waals surface area contributed by atoms with Crippen LogP contribution in [0.4, 0.5) is 0 Å². The van der Waals surface area contributed by atoms with Crippen LogP contribution in [0.25, 0.3) is 0 Å². The molecule has 0 saturated carbocycles. The topological polar surface area (TPSA) is 60.2 Å². The Morgan fingerprint density at radius 2 is 1.85 bits per heavy atom. The highest BCUT2D eigenvalue weighted by molar-refractivity contribution is 9.10. The smallest absolute Gasteiger partial charge is 0.225 e. The third-order valence-corrected chi connectivity index (χ3v) is 3.62. The summed E-state index contributed by atoms with van der Waals surface area (Å²) in [6, 6.07) is 3.08. The zero-order valence-corrected chi connectivity index (χ0v) is 9.74. The van der Waals surface area contributed by atoms with Crippen LogP contribution in [0.15, 0.2) is 21.5 Å². The Balaban J connectivity index is 3.47. The molecule has 0 unspecified atom stereocenters. The van der Waals surface area contributed by atoms with Crippen LogP contribution < -0.4 is 5.14 Å². The highest BCUT2D eigenvalue weighted by Crippen LogP contribution is 2.23. The normalized spacial score (nSPS) is 11.7. The molecule has 3 nitrogen and oxygen atoms in total. The van der Waals surface area contributed by atoms with Crippen LogP contribution >= 0.6 is 15.9 Å². The van der Waals surface area contributed by atoms with E-state index in [9.17, 15) is 8.42 Å².